The van der Waals surface area contributed by atoms with Crippen LogP contribution >= 0.6 is 0 Å². The first kappa shape index (κ1) is 31.6. The Morgan fingerprint density at radius 2 is 0.886 bits per heavy atom. The molecular weight excluding hydrogens is 550 g/mol. The number of rotatable bonds is 1. The summed E-state index contributed by atoms with van der Waals surface area (Å²) >= 11 is 0. The molecule has 1 aromatic heterocycles. The first-order chi connectivity index (χ1) is 21.8. The Balaban J connectivity index is 1.61. The van der Waals surface area contributed by atoms with Crippen LogP contribution in [0, 0.1) is 0 Å². The molecule has 0 atom stereocenters. The maximum atomic E-state index is 10.1. The number of aromatic nitrogens is 1. The molecule has 0 fully saturated rings. The molecule has 6 heteroatoms. The smallest absolute Gasteiger partial charge is 0.132 e. The number of hydrogen-bond acceptors (Lipinski definition) is 6. The number of benzene rings is 2. The van der Waals surface area contributed by atoms with Gasteiger partial charge in [-0.05, 0) is 119 Å². The van der Waals surface area contributed by atoms with Gasteiger partial charge in [0.1, 0.15) is 23.0 Å². The minimum atomic E-state index is -0.0958. The normalized spacial score (nSPS) is 18.8. The van der Waals surface area contributed by atoms with E-state index in [0.717, 1.165) is 117 Å². The number of nitrogens with zero attached hydrogens (tertiary/aromatic N) is 1. The summed E-state index contributed by atoms with van der Waals surface area (Å²) in [5.41, 5.74) is 3.95. The summed E-state index contributed by atoms with van der Waals surface area (Å²) < 4.78 is 25.7. The summed E-state index contributed by atoms with van der Waals surface area (Å²) in [6, 6.07) is 15.9. The van der Waals surface area contributed by atoms with Gasteiger partial charge in [0.15, 0.2) is 0 Å². The van der Waals surface area contributed by atoms with E-state index in [1.54, 1.807) is 0 Å². The van der Waals surface area contributed by atoms with E-state index in [-0.39, 0.29) is 6.61 Å². The number of allylic oxidation sites excluding steroid dienone is 4. The van der Waals surface area contributed by atoms with Crippen molar-refractivity contribution < 1.29 is 24.1 Å². The third-order valence-electron chi connectivity index (χ3n) is 7.98. The number of aliphatic hydroxyl groups excluding tert-OH is 1. The molecule has 2 aliphatic rings. The quantitative estimate of drug-likeness (QED) is 0.282. The number of ether oxygens (including phenoxy) is 4. The largest absolute Gasteiger partial charge is 0.493 e. The fourth-order valence-corrected chi connectivity index (χ4v) is 5.59. The van der Waals surface area contributed by atoms with Gasteiger partial charge in [-0.1, -0.05) is 36.4 Å². The average molecular weight is 598 g/mol. The predicted molar refractivity (Wildman–Crippen MR) is 177 cm³/mol. The van der Waals surface area contributed by atoms with Gasteiger partial charge in [0.25, 0.3) is 0 Å². The summed E-state index contributed by atoms with van der Waals surface area (Å²) in [6.07, 6.45) is 21.4. The molecule has 44 heavy (non-hydrogen) atoms. The molecule has 0 unspecified atom stereocenters. The standard InChI is InChI=1S/C38H47NO5/c40-29-30-27-35-38-32-20-17-19-31(39-32)37-33(41-23-13-9-5-1-3-7-11-15-25-43-35)21-18-22-34(37)42-24-14-10-6-2-4-8-12-16-26-44-36(38)28-30/h1-4,17-22,27-28,40H,5-16,23-26,29H2/b3-1+,4-2+. The maximum absolute atomic E-state index is 10.1. The van der Waals surface area contributed by atoms with Crippen molar-refractivity contribution in [3.8, 4) is 45.5 Å². The van der Waals surface area contributed by atoms with E-state index in [1.165, 1.54) is 0 Å². The fraction of sp³-hybridized carbons (Fsp3) is 0.447. The van der Waals surface area contributed by atoms with Gasteiger partial charge in [-0.3, -0.25) is 0 Å². The molecule has 0 saturated heterocycles. The monoisotopic (exact) mass is 597 g/mol. The molecule has 1 N–H and O–H groups in total. The van der Waals surface area contributed by atoms with Crippen LogP contribution in [0.25, 0.3) is 22.5 Å². The van der Waals surface area contributed by atoms with E-state index >= 15 is 0 Å². The molecule has 234 valence electrons. The summed E-state index contributed by atoms with van der Waals surface area (Å²) in [6.45, 7) is 2.33. The van der Waals surface area contributed by atoms with Gasteiger partial charge < -0.3 is 24.1 Å². The van der Waals surface area contributed by atoms with Crippen LogP contribution in [0.3, 0.4) is 0 Å². The molecule has 0 spiro atoms. The molecule has 4 bridgehead atoms. The predicted octanol–water partition coefficient (Wildman–Crippen LogP) is 9.24. The Bertz CT molecular complexity index is 1310. The molecule has 2 aromatic carbocycles. The van der Waals surface area contributed by atoms with E-state index in [9.17, 15) is 5.11 Å². The van der Waals surface area contributed by atoms with Crippen molar-refractivity contribution in [1.29, 1.82) is 0 Å². The van der Waals surface area contributed by atoms with Gasteiger partial charge in [0, 0.05) is 0 Å². The van der Waals surface area contributed by atoms with Gasteiger partial charge in [-0.2, -0.15) is 0 Å². The zero-order valence-corrected chi connectivity index (χ0v) is 26.0. The summed E-state index contributed by atoms with van der Waals surface area (Å²) in [7, 11) is 0. The minimum absolute atomic E-state index is 0.0958. The molecule has 5 rings (SSSR count). The van der Waals surface area contributed by atoms with Crippen LogP contribution in [0.4, 0.5) is 0 Å². The van der Waals surface area contributed by atoms with E-state index in [4.69, 9.17) is 23.9 Å². The molecular formula is C38H47NO5. The lowest BCUT2D eigenvalue weighted by atomic mass is 10.0. The summed E-state index contributed by atoms with van der Waals surface area (Å²) in [5, 5.41) is 10.1. The van der Waals surface area contributed by atoms with Crippen LogP contribution in [-0.4, -0.2) is 36.5 Å². The Hall–Kier alpha value is -3.77. The van der Waals surface area contributed by atoms with Crippen LogP contribution in [0.1, 0.15) is 82.6 Å². The molecule has 0 amide bonds. The first-order valence-electron chi connectivity index (χ1n) is 16.5. The first-order valence-corrected chi connectivity index (χ1v) is 16.5. The zero-order valence-electron chi connectivity index (χ0n) is 26.0. The van der Waals surface area contributed by atoms with Crippen molar-refractivity contribution in [2.75, 3.05) is 26.4 Å². The highest BCUT2D eigenvalue weighted by atomic mass is 16.5. The van der Waals surface area contributed by atoms with E-state index in [2.05, 4.69) is 24.3 Å². The fourth-order valence-electron chi connectivity index (χ4n) is 5.59. The van der Waals surface area contributed by atoms with Gasteiger partial charge in [-0.25, -0.2) is 4.98 Å². The molecule has 3 aromatic rings. The number of aliphatic hydroxyl groups is 1. The summed E-state index contributed by atoms with van der Waals surface area (Å²) in [5.74, 6) is 2.91. The van der Waals surface area contributed by atoms with E-state index in [1.807, 2.05) is 48.5 Å². The molecule has 2 aliphatic heterocycles. The lowest BCUT2D eigenvalue weighted by Crippen LogP contribution is -2.06. The second-order valence-electron chi connectivity index (χ2n) is 11.5. The van der Waals surface area contributed by atoms with Crippen LogP contribution < -0.4 is 18.9 Å². The SMILES string of the molecule is OCc1cc2c3c(c1)OCCCC/C=C/CCCCOc1cccc(c1-c1cccc-3n1)OCCCC/C=C/CCCCO2. The topological polar surface area (TPSA) is 70.0 Å². The molecule has 3 heterocycles. The zero-order chi connectivity index (χ0) is 30.2. The highest BCUT2D eigenvalue weighted by Crippen LogP contribution is 2.43. The maximum Gasteiger partial charge on any atom is 0.132 e. The Labute approximate surface area is 262 Å². The van der Waals surface area contributed by atoms with Gasteiger partial charge >= 0.3 is 0 Å². The molecule has 0 radical (unpaired) electrons. The van der Waals surface area contributed by atoms with Gasteiger partial charge in [-0.15, -0.1) is 0 Å². The van der Waals surface area contributed by atoms with Crippen molar-refractivity contribution in [2.24, 2.45) is 0 Å². The van der Waals surface area contributed by atoms with Crippen LogP contribution in [-0.2, 0) is 6.61 Å². The Morgan fingerprint density at radius 3 is 1.32 bits per heavy atom. The highest BCUT2D eigenvalue weighted by Gasteiger charge is 2.21. The van der Waals surface area contributed by atoms with Crippen molar-refractivity contribution in [2.45, 2.75) is 83.7 Å². The third-order valence-corrected chi connectivity index (χ3v) is 7.98. The van der Waals surface area contributed by atoms with Crippen LogP contribution in [0.5, 0.6) is 23.0 Å². The molecule has 6 nitrogen and oxygen atoms in total. The summed E-state index contributed by atoms with van der Waals surface area (Å²) in [4.78, 5) is 5.21. The average Bonchev–Trinajstić information content (AvgIpc) is 3.05. The third kappa shape index (κ3) is 9.12. The van der Waals surface area contributed by atoms with Crippen molar-refractivity contribution >= 4 is 0 Å². The van der Waals surface area contributed by atoms with Gasteiger partial charge in [0.2, 0.25) is 0 Å². The van der Waals surface area contributed by atoms with E-state index in [0.29, 0.717) is 37.9 Å². The van der Waals surface area contributed by atoms with Crippen LogP contribution in [0.2, 0.25) is 0 Å². The number of pyridine rings is 1. The minimum Gasteiger partial charge on any atom is -0.493 e. The lowest BCUT2D eigenvalue weighted by Gasteiger charge is -2.19. The molecule has 0 saturated carbocycles. The van der Waals surface area contributed by atoms with Crippen molar-refractivity contribution in [3.05, 3.63) is 78.4 Å². The number of hydrogen-bond donors (Lipinski definition) is 1. The Kier molecular flexibility index (Phi) is 12.6. The second kappa shape index (κ2) is 17.5. The lowest BCUT2D eigenvalue weighted by molar-refractivity contribution is 0.273. The molecule has 0 aliphatic carbocycles. The van der Waals surface area contributed by atoms with E-state index < -0.39 is 0 Å². The van der Waals surface area contributed by atoms with Crippen LogP contribution in [0.15, 0.2) is 72.8 Å². The van der Waals surface area contributed by atoms with Crippen molar-refractivity contribution in [1.82, 2.24) is 4.98 Å². The Morgan fingerprint density at radius 1 is 0.500 bits per heavy atom. The highest BCUT2D eigenvalue weighted by molar-refractivity contribution is 5.80. The second-order valence-corrected chi connectivity index (χ2v) is 11.5. The van der Waals surface area contributed by atoms with Crippen molar-refractivity contribution in [3.63, 3.8) is 0 Å². The van der Waals surface area contributed by atoms with Gasteiger partial charge in [0.05, 0.1) is 55.5 Å².